The lowest BCUT2D eigenvalue weighted by molar-refractivity contribution is 0.487. The van der Waals surface area contributed by atoms with Crippen LogP contribution in [-0.4, -0.2) is 0 Å². The summed E-state index contributed by atoms with van der Waals surface area (Å²) in [5, 5.41) is 4.97. The number of hydrogen-bond acceptors (Lipinski definition) is 3. The van der Waals surface area contributed by atoms with Crippen LogP contribution in [0.2, 0.25) is 0 Å². The zero-order valence-corrected chi connectivity index (χ0v) is 33.0. The molecule has 0 unspecified atom stereocenters. The number of nitrogens with zero attached hydrogens (tertiary/aromatic N) is 1. The van der Waals surface area contributed by atoms with E-state index < -0.39 is 0 Å². The van der Waals surface area contributed by atoms with Crippen LogP contribution in [0.4, 0.5) is 17.1 Å². The summed E-state index contributed by atoms with van der Waals surface area (Å²) >= 11 is 1.86. The summed E-state index contributed by atoms with van der Waals surface area (Å²) in [7, 11) is 0. The first-order chi connectivity index (χ1) is 28.5. The fourth-order valence-corrected chi connectivity index (χ4v) is 10.9. The molecule has 0 saturated heterocycles. The van der Waals surface area contributed by atoms with Crippen molar-refractivity contribution in [3.05, 3.63) is 199 Å². The predicted molar refractivity (Wildman–Crippen MR) is 245 cm³/mol. The molecule has 10 aromatic rings. The van der Waals surface area contributed by atoms with E-state index in [-0.39, 0.29) is 5.41 Å². The Morgan fingerprint density at radius 2 is 1.12 bits per heavy atom. The van der Waals surface area contributed by atoms with Gasteiger partial charge in [-0.2, -0.15) is 0 Å². The molecule has 12 rings (SSSR count). The maximum atomic E-state index is 6.72. The van der Waals surface area contributed by atoms with Gasteiger partial charge in [0.1, 0.15) is 11.5 Å². The van der Waals surface area contributed by atoms with Crippen molar-refractivity contribution in [3.63, 3.8) is 0 Å². The Kier molecular flexibility index (Phi) is 7.18. The van der Waals surface area contributed by atoms with Crippen molar-refractivity contribution >= 4 is 59.3 Å². The summed E-state index contributed by atoms with van der Waals surface area (Å²) in [4.78, 5) is 2.47. The maximum absolute atomic E-state index is 6.72. The molecule has 0 radical (unpaired) electrons. The van der Waals surface area contributed by atoms with Crippen molar-refractivity contribution in [2.45, 2.75) is 19.3 Å². The minimum atomic E-state index is -0.172. The first kappa shape index (κ1) is 33.2. The molecule has 0 atom stereocenters. The van der Waals surface area contributed by atoms with Crippen molar-refractivity contribution in [1.29, 1.82) is 0 Å². The van der Waals surface area contributed by atoms with Gasteiger partial charge in [0.15, 0.2) is 0 Å². The average Bonchev–Trinajstić information content (AvgIpc) is 3.76. The Morgan fingerprint density at radius 1 is 0.431 bits per heavy atom. The molecule has 0 bridgehead atoms. The highest BCUT2D eigenvalue weighted by atomic mass is 32.1. The summed E-state index contributed by atoms with van der Waals surface area (Å²) in [6.45, 7) is 4.74. The molecule has 3 heteroatoms. The van der Waals surface area contributed by atoms with Crippen molar-refractivity contribution in [2.24, 2.45) is 0 Å². The minimum Gasteiger partial charge on any atom is -0.456 e. The van der Waals surface area contributed by atoms with E-state index in [0.29, 0.717) is 0 Å². The van der Waals surface area contributed by atoms with Gasteiger partial charge >= 0.3 is 0 Å². The Bertz CT molecular complexity index is 3280. The Hall–Kier alpha value is -6.94. The standard InChI is InChI=1S/C55H37NOS/c1-55(2)47-19-8-6-14-40(47)45-18-11-20-48(54(45)55)56(38-27-31-52-46(33-38)42-15-7-9-21-51(42)58-52)37-25-22-34(23-26-37)36-24-28-41-44-17-10-16-43-39(35-12-4-3-5-13-35)29-30-49(53(43)44)57-50(41)32-36/h3-33H,1-2H3. The number of anilines is 3. The zero-order valence-electron chi connectivity index (χ0n) is 32.2. The summed E-state index contributed by atoms with van der Waals surface area (Å²) in [5.74, 6) is 1.78. The number of ether oxygens (including phenoxy) is 1. The van der Waals surface area contributed by atoms with Gasteiger partial charge in [-0.3, -0.25) is 0 Å². The summed E-state index contributed by atoms with van der Waals surface area (Å²) in [6, 6.07) is 68.7. The third-order valence-corrected chi connectivity index (χ3v) is 13.6. The van der Waals surface area contributed by atoms with E-state index in [1.807, 2.05) is 11.3 Å². The van der Waals surface area contributed by atoms with Crippen molar-refractivity contribution in [3.8, 4) is 56.0 Å². The van der Waals surface area contributed by atoms with Gasteiger partial charge in [0.05, 0.1) is 5.69 Å². The molecule has 9 aromatic carbocycles. The van der Waals surface area contributed by atoms with Crippen molar-refractivity contribution in [1.82, 2.24) is 0 Å². The van der Waals surface area contributed by atoms with Crippen LogP contribution in [0.5, 0.6) is 11.5 Å². The Labute approximate surface area is 341 Å². The van der Waals surface area contributed by atoms with E-state index in [4.69, 9.17) is 4.74 Å². The third-order valence-electron chi connectivity index (χ3n) is 12.5. The van der Waals surface area contributed by atoms with Gasteiger partial charge in [-0.25, -0.2) is 0 Å². The second-order valence-corrected chi connectivity index (χ2v) is 17.1. The SMILES string of the molecule is CC1(C)c2ccccc2-c2cccc(N(c3ccc(-c4ccc5c(c4)Oc4ccc(-c6ccccc6)c6cccc-5c46)cc3)c3ccc4sc5ccccc5c4c3)c21. The topological polar surface area (TPSA) is 12.5 Å². The third kappa shape index (κ3) is 4.90. The van der Waals surface area contributed by atoms with Crippen LogP contribution in [0.25, 0.3) is 75.5 Å². The first-order valence-electron chi connectivity index (χ1n) is 20.0. The highest BCUT2D eigenvalue weighted by molar-refractivity contribution is 7.25. The van der Waals surface area contributed by atoms with Gasteiger partial charge in [-0.1, -0.05) is 141 Å². The smallest absolute Gasteiger partial charge is 0.135 e. The van der Waals surface area contributed by atoms with Crippen LogP contribution < -0.4 is 9.64 Å². The van der Waals surface area contributed by atoms with E-state index >= 15 is 0 Å². The van der Waals surface area contributed by atoms with Crippen molar-refractivity contribution in [2.75, 3.05) is 4.90 Å². The summed E-state index contributed by atoms with van der Waals surface area (Å²) in [5.41, 5.74) is 15.7. The number of hydrogen-bond donors (Lipinski definition) is 0. The van der Waals surface area contributed by atoms with Crippen LogP contribution in [0.1, 0.15) is 25.0 Å². The van der Waals surface area contributed by atoms with E-state index in [1.54, 1.807) is 0 Å². The van der Waals surface area contributed by atoms with Gasteiger partial charge in [0, 0.05) is 47.9 Å². The van der Waals surface area contributed by atoms with Crippen LogP contribution in [0.3, 0.4) is 0 Å². The highest BCUT2D eigenvalue weighted by Gasteiger charge is 2.38. The summed E-state index contributed by atoms with van der Waals surface area (Å²) < 4.78 is 9.34. The Balaban J connectivity index is 0.970. The second kappa shape index (κ2) is 12.5. The highest BCUT2D eigenvalue weighted by Crippen LogP contribution is 2.55. The largest absolute Gasteiger partial charge is 0.456 e. The van der Waals surface area contributed by atoms with Gasteiger partial charge in [0.2, 0.25) is 0 Å². The second-order valence-electron chi connectivity index (χ2n) is 16.0. The molecule has 0 N–H and O–H groups in total. The molecule has 0 fully saturated rings. The van der Waals surface area contributed by atoms with Gasteiger partial charge in [-0.05, 0) is 116 Å². The van der Waals surface area contributed by atoms with Gasteiger partial charge in [-0.15, -0.1) is 11.3 Å². The molecule has 1 aliphatic heterocycles. The lowest BCUT2D eigenvalue weighted by Gasteiger charge is -2.32. The molecule has 58 heavy (non-hydrogen) atoms. The lowest BCUT2D eigenvalue weighted by atomic mass is 9.81. The number of benzene rings is 9. The van der Waals surface area contributed by atoms with E-state index in [2.05, 4.69) is 207 Å². The zero-order chi connectivity index (χ0) is 38.5. The first-order valence-corrected chi connectivity index (χ1v) is 20.8. The van der Waals surface area contributed by atoms with Gasteiger partial charge < -0.3 is 9.64 Å². The molecule has 0 amide bonds. The molecular formula is C55H37NOS. The molecule has 0 spiro atoms. The lowest BCUT2D eigenvalue weighted by Crippen LogP contribution is -2.20. The van der Waals surface area contributed by atoms with E-state index in [9.17, 15) is 0 Å². The normalized spacial score (nSPS) is 13.3. The maximum Gasteiger partial charge on any atom is 0.135 e. The summed E-state index contributed by atoms with van der Waals surface area (Å²) in [6.07, 6.45) is 0. The number of fused-ring (bicyclic) bond motifs is 8. The fourth-order valence-electron chi connectivity index (χ4n) is 9.77. The number of thiophene rings is 1. The quantitative estimate of drug-likeness (QED) is 0.173. The molecular weight excluding hydrogens is 723 g/mol. The Morgan fingerprint density at radius 3 is 2.02 bits per heavy atom. The predicted octanol–water partition coefficient (Wildman–Crippen LogP) is 16.1. The molecule has 1 aromatic heterocycles. The van der Waals surface area contributed by atoms with Crippen LogP contribution in [0, 0.1) is 0 Å². The molecule has 0 saturated carbocycles. The van der Waals surface area contributed by atoms with Crippen molar-refractivity contribution < 1.29 is 4.74 Å². The number of rotatable bonds is 5. The van der Waals surface area contributed by atoms with E-state index in [1.165, 1.54) is 75.6 Å². The molecule has 2 nitrogen and oxygen atoms in total. The van der Waals surface area contributed by atoms with E-state index in [0.717, 1.165) is 39.6 Å². The van der Waals surface area contributed by atoms with Crippen LogP contribution in [-0.2, 0) is 5.41 Å². The van der Waals surface area contributed by atoms with Gasteiger partial charge in [0.25, 0.3) is 0 Å². The molecule has 2 aliphatic rings. The fraction of sp³-hybridized carbons (Fsp3) is 0.0545. The molecule has 2 heterocycles. The molecule has 274 valence electrons. The van der Waals surface area contributed by atoms with Crippen LogP contribution in [0.15, 0.2) is 188 Å². The monoisotopic (exact) mass is 759 g/mol. The minimum absolute atomic E-state index is 0.172. The van der Waals surface area contributed by atoms with Crippen LogP contribution >= 0.6 is 11.3 Å². The molecule has 1 aliphatic carbocycles. The average molecular weight is 760 g/mol.